The predicted molar refractivity (Wildman–Crippen MR) is 128 cm³/mol. The van der Waals surface area contributed by atoms with Crippen molar-refractivity contribution in [3.8, 4) is 11.1 Å². The highest BCUT2D eigenvalue weighted by atomic mass is 16.5. The zero-order valence-electron chi connectivity index (χ0n) is 19.7. The summed E-state index contributed by atoms with van der Waals surface area (Å²) in [5.41, 5.74) is 3.44. The average Bonchev–Trinajstić information content (AvgIpc) is 3.11. The normalized spacial score (nSPS) is 22.2. The van der Waals surface area contributed by atoms with Gasteiger partial charge in [-0.1, -0.05) is 68.3 Å². The number of carbonyl (C=O) groups excluding carboxylic acids is 2. The highest BCUT2D eigenvalue weighted by Crippen LogP contribution is 2.44. The molecule has 0 saturated heterocycles. The molecule has 2 aromatic rings. The summed E-state index contributed by atoms with van der Waals surface area (Å²) in [6.07, 6.45) is 1.95. The van der Waals surface area contributed by atoms with E-state index in [4.69, 9.17) is 9.84 Å². The van der Waals surface area contributed by atoms with E-state index < -0.39 is 23.6 Å². The Balaban J connectivity index is 1.46. The van der Waals surface area contributed by atoms with E-state index in [-0.39, 0.29) is 30.8 Å². The van der Waals surface area contributed by atoms with Crippen molar-refractivity contribution < 1.29 is 24.2 Å². The molecule has 2 aliphatic carbocycles. The molecule has 0 aliphatic heterocycles. The van der Waals surface area contributed by atoms with Crippen LogP contribution in [0.2, 0.25) is 0 Å². The van der Waals surface area contributed by atoms with Gasteiger partial charge in [0.1, 0.15) is 12.1 Å². The molecule has 0 aromatic heterocycles. The molecule has 0 radical (unpaired) electrons. The molecule has 3 N–H and O–H groups in total. The highest BCUT2D eigenvalue weighted by molar-refractivity contribution is 5.90. The summed E-state index contributed by atoms with van der Waals surface area (Å²) in [6, 6.07) is 15.7. The zero-order chi connectivity index (χ0) is 24.3. The highest BCUT2D eigenvalue weighted by Gasteiger charge is 2.44. The van der Waals surface area contributed by atoms with E-state index in [0.29, 0.717) is 12.8 Å². The fraction of sp³-hybridized carbons (Fsp3) is 0.444. The van der Waals surface area contributed by atoms with Gasteiger partial charge in [0.05, 0.1) is 6.42 Å². The number of nitrogens with one attached hydrogen (secondary N) is 2. The fourth-order valence-electron chi connectivity index (χ4n) is 5.43. The van der Waals surface area contributed by atoms with Crippen molar-refractivity contribution in [2.24, 2.45) is 5.92 Å². The molecule has 1 saturated carbocycles. The number of carbonyl (C=O) groups is 3. The van der Waals surface area contributed by atoms with Crippen molar-refractivity contribution in [3.63, 3.8) is 0 Å². The van der Waals surface area contributed by atoms with Crippen molar-refractivity contribution >= 4 is 18.0 Å². The molecule has 4 rings (SSSR count). The molecule has 180 valence electrons. The van der Waals surface area contributed by atoms with Gasteiger partial charge in [-0.15, -0.1) is 0 Å². The SMILES string of the molecule is CC1CCCC(NC(=O)OCC2c3ccccc3-c3ccccc32)(C(=O)N[C@@H](C)CC(=O)O)C1. The van der Waals surface area contributed by atoms with Gasteiger partial charge in [0.15, 0.2) is 0 Å². The van der Waals surface area contributed by atoms with Crippen molar-refractivity contribution in [3.05, 3.63) is 59.7 Å². The third-order valence-electron chi connectivity index (χ3n) is 6.98. The van der Waals surface area contributed by atoms with Crippen LogP contribution in [0.3, 0.4) is 0 Å². The molecule has 2 aromatic carbocycles. The maximum Gasteiger partial charge on any atom is 0.408 e. The first-order valence-corrected chi connectivity index (χ1v) is 11.9. The van der Waals surface area contributed by atoms with Gasteiger partial charge in [-0.3, -0.25) is 9.59 Å². The van der Waals surface area contributed by atoms with Gasteiger partial charge in [-0.25, -0.2) is 4.79 Å². The Morgan fingerprint density at radius 1 is 1.09 bits per heavy atom. The number of fused-ring (bicyclic) bond motifs is 3. The van der Waals surface area contributed by atoms with E-state index in [1.807, 2.05) is 24.3 Å². The van der Waals surface area contributed by atoms with Crippen molar-refractivity contribution in [2.75, 3.05) is 6.61 Å². The summed E-state index contributed by atoms with van der Waals surface area (Å²) in [7, 11) is 0. The first kappa shape index (κ1) is 23.8. The second-order valence-electron chi connectivity index (χ2n) is 9.71. The Morgan fingerprint density at radius 3 is 2.29 bits per heavy atom. The van der Waals surface area contributed by atoms with Gasteiger partial charge >= 0.3 is 12.1 Å². The minimum atomic E-state index is -1.10. The number of amides is 2. The molecule has 2 aliphatic rings. The second-order valence-corrected chi connectivity index (χ2v) is 9.71. The molecule has 7 heteroatoms. The molecule has 2 unspecified atom stereocenters. The molecule has 0 heterocycles. The second kappa shape index (κ2) is 9.87. The van der Waals surface area contributed by atoms with Crippen molar-refractivity contribution in [1.29, 1.82) is 0 Å². The minimum Gasteiger partial charge on any atom is -0.481 e. The lowest BCUT2D eigenvalue weighted by atomic mass is 9.75. The van der Waals surface area contributed by atoms with Crippen LogP contribution in [0.5, 0.6) is 0 Å². The van der Waals surface area contributed by atoms with Crippen LogP contribution in [-0.4, -0.2) is 41.3 Å². The van der Waals surface area contributed by atoms with Crippen LogP contribution in [0.4, 0.5) is 4.79 Å². The van der Waals surface area contributed by atoms with E-state index in [1.165, 1.54) is 0 Å². The molecule has 0 bridgehead atoms. The standard InChI is InChI=1S/C27H32N2O5/c1-17-8-7-13-27(15-17,25(32)28-18(2)14-24(30)31)29-26(33)34-16-23-21-11-5-3-9-19(21)20-10-4-6-12-22(20)23/h3-6,9-12,17-18,23H,7-8,13-16H2,1-2H3,(H,28,32)(H,29,33)(H,30,31)/t17?,18-,27?/m0/s1. The maximum absolute atomic E-state index is 13.2. The molecule has 0 spiro atoms. The van der Waals surface area contributed by atoms with Crippen LogP contribution in [0.15, 0.2) is 48.5 Å². The molecular weight excluding hydrogens is 432 g/mol. The summed E-state index contributed by atoms with van der Waals surface area (Å²) >= 11 is 0. The van der Waals surface area contributed by atoms with Crippen LogP contribution < -0.4 is 10.6 Å². The first-order valence-electron chi connectivity index (χ1n) is 11.9. The van der Waals surface area contributed by atoms with E-state index in [1.54, 1.807) is 6.92 Å². The van der Waals surface area contributed by atoms with Gasteiger partial charge in [-0.05, 0) is 47.9 Å². The van der Waals surface area contributed by atoms with E-state index >= 15 is 0 Å². The number of rotatable bonds is 7. The summed E-state index contributed by atoms with van der Waals surface area (Å²) in [5, 5.41) is 14.7. The Kier molecular flexibility index (Phi) is 6.91. The van der Waals surface area contributed by atoms with E-state index in [9.17, 15) is 14.4 Å². The third kappa shape index (κ3) is 4.93. The van der Waals surface area contributed by atoms with E-state index in [2.05, 4.69) is 41.8 Å². The molecule has 1 fully saturated rings. The summed E-state index contributed by atoms with van der Waals surface area (Å²) < 4.78 is 5.70. The lowest BCUT2D eigenvalue weighted by molar-refractivity contribution is -0.138. The largest absolute Gasteiger partial charge is 0.481 e. The number of aliphatic carboxylic acids is 1. The molecule has 34 heavy (non-hydrogen) atoms. The predicted octanol–water partition coefficient (Wildman–Crippen LogP) is 4.45. The third-order valence-corrected chi connectivity index (χ3v) is 6.98. The fourth-order valence-corrected chi connectivity index (χ4v) is 5.43. The Hall–Kier alpha value is -3.35. The summed E-state index contributed by atoms with van der Waals surface area (Å²) in [4.78, 5) is 37.2. The van der Waals surface area contributed by atoms with Gasteiger partial charge in [-0.2, -0.15) is 0 Å². The number of hydrogen-bond donors (Lipinski definition) is 3. The van der Waals surface area contributed by atoms with Crippen molar-refractivity contribution in [1.82, 2.24) is 10.6 Å². The molecule has 3 atom stereocenters. The van der Waals surface area contributed by atoms with Crippen molar-refractivity contribution in [2.45, 2.75) is 63.5 Å². The van der Waals surface area contributed by atoms with Crippen LogP contribution in [0, 0.1) is 5.92 Å². The van der Waals surface area contributed by atoms with Gasteiger partial charge in [0.2, 0.25) is 5.91 Å². The zero-order valence-corrected chi connectivity index (χ0v) is 19.7. The molecule has 7 nitrogen and oxygen atoms in total. The lowest BCUT2D eigenvalue weighted by Crippen LogP contribution is -2.62. The number of carboxylic acids is 1. The number of alkyl carbamates (subject to hydrolysis) is 1. The van der Waals surface area contributed by atoms with Crippen LogP contribution in [-0.2, 0) is 14.3 Å². The number of ether oxygens (including phenoxy) is 1. The quantitative estimate of drug-likeness (QED) is 0.561. The summed E-state index contributed by atoms with van der Waals surface area (Å²) in [5.74, 6) is -1.14. The minimum absolute atomic E-state index is 0.0659. The monoisotopic (exact) mass is 464 g/mol. The smallest absolute Gasteiger partial charge is 0.408 e. The average molecular weight is 465 g/mol. The first-order chi connectivity index (χ1) is 16.3. The van der Waals surface area contributed by atoms with E-state index in [0.717, 1.165) is 35.1 Å². The van der Waals surface area contributed by atoms with Crippen LogP contribution >= 0.6 is 0 Å². The number of hydrogen-bond acceptors (Lipinski definition) is 4. The molecule has 2 amide bonds. The van der Waals surface area contributed by atoms with Crippen LogP contribution in [0.1, 0.15) is 63.0 Å². The number of carboxylic acid groups (broad SMARTS) is 1. The van der Waals surface area contributed by atoms with Gasteiger partial charge < -0.3 is 20.5 Å². The Morgan fingerprint density at radius 2 is 1.71 bits per heavy atom. The number of benzene rings is 2. The topological polar surface area (TPSA) is 105 Å². The maximum atomic E-state index is 13.2. The van der Waals surface area contributed by atoms with Gasteiger partial charge in [0.25, 0.3) is 0 Å². The summed E-state index contributed by atoms with van der Waals surface area (Å²) in [6.45, 7) is 3.88. The van der Waals surface area contributed by atoms with Gasteiger partial charge in [0, 0.05) is 12.0 Å². The Labute approximate surface area is 199 Å². The Bertz CT molecular complexity index is 1040. The lowest BCUT2D eigenvalue weighted by Gasteiger charge is -2.39. The molecular formula is C27H32N2O5. The van der Waals surface area contributed by atoms with Crippen LogP contribution in [0.25, 0.3) is 11.1 Å².